The van der Waals surface area contributed by atoms with Crippen LogP contribution < -0.4 is 10.2 Å². The monoisotopic (exact) mass is 682 g/mol. The zero-order valence-electron chi connectivity index (χ0n) is 27.2. The van der Waals surface area contributed by atoms with Crippen LogP contribution in [0.3, 0.4) is 0 Å². The Morgan fingerprint density at radius 1 is 0.390 bits per heavy atom. The summed E-state index contributed by atoms with van der Waals surface area (Å²) in [6, 6.07) is 0. The number of rotatable bonds is 30. The Balaban J connectivity index is -0.000000688. The summed E-state index contributed by atoms with van der Waals surface area (Å²) < 4.78 is 0. The molecule has 0 amide bonds. The van der Waals surface area contributed by atoms with Crippen molar-refractivity contribution >= 4 is 35.8 Å². The minimum Gasteiger partial charge on any atom is -0.550 e. The summed E-state index contributed by atoms with van der Waals surface area (Å²) >= 11 is 0. The molecule has 0 aliphatic heterocycles. The molecule has 0 rings (SSSR count). The number of hydrogen-bond donors (Lipinski definition) is 0. The largest absolute Gasteiger partial charge is 2.00 e. The van der Waals surface area contributed by atoms with E-state index in [2.05, 4.69) is 38.2 Å². The SMILES string of the molecule is CCCCCCCC/C=C/CCCCCCCC(=O)[O-].CCCCCCCC/C=C/CCCCCCCC(=O)[O-].[Sn+2]. The molecule has 41 heavy (non-hydrogen) atoms. The van der Waals surface area contributed by atoms with Crippen molar-refractivity contribution in [2.24, 2.45) is 0 Å². The molecule has 0 aromatic carbocycles. The topological polar surface area (TPSA) is 80.3 Å². The summed E-state index contributed by atoms with van der Waals surface area (Å²) in [4.78, 5) is 20.4. The summed E-state index contributed by atoms with van der Waals surface area (Å²) in [5.74, 6) is -1.83. The van der Waals surface area contributed by atoms with Crippen LogP contribution in [-0.2, 0) is 9.59 Å². The standard InChI is InChI=1S/2C18H34O2.Sn/c2*1-2-3-4-5-6-7-8-9-10-11-12-13-14-15-16-17-18(19)20;/h2*9-10H,2-8,11-17H2,1H3,(H,19,20);/q;;+2/p-2/b2*10-9+;. The molecule has 2 radical (unpaired) electrons. The Labute approximate surface area is 272 Å². The molecule has 0 spiro atoms. The fraction of sp³-hybridized carbons (Fsp3) is 0.833. The minimum atomic E-state index is -0.914. The van der Waals surface area contributed by atoms with Crippen LogP contribution >= 0.6 is 0 Å². The van der Waals surface area contributed by atoms with E-state index in [-0.39, 0.29) is 36.7 Å². The van der Waals surface area contributed by atoms with E-state index < -0.39 is 11.9 Å². The molecule has 4 nitrogen and oxygen atoms in total. The quantitative estimate of drug-likeness (QED) is 0.0430. The van der Waals surface area contributed by atoms with Gasteiger partial charge in [-0.1, -0.05) is 141 Å². The van der Waals surface area contributed by atoms with Gasteiger partial charge in [0.15, 0.2) is 0 Å². The van der Waals surface area contributed by atoms with Crippen molar-refractivity contribution in [2.45, 2.75) is 194 Å². The van der Waals surface area contributed by atoms with Crippen molar-refractivity contribution in [1.29, 1.82) is 0 Å². The Morgan fingerprint density at radius 2 is 0.610 bits per heavy atom. The molecule has 0 aromatic rings. The maximum atomic E-state index is 10.2. The molecular formula is C36H66O4Sn. The first-order valence-corrected chi connectivity index (χ1v) is 17.2. The first kappa shape index (κ1) is 44.7. The molecule has 0 saturated carbocycles. The van der Waals surface area contributed by atoms with Gasteiger partial charge >= 0.3 is 23.9 Å². The van der Waals surface area contributed by atoms with E-state index >= 15 is 0 Å². The van der Waals surface area contributed by atoms with Crippen LogP contribution in [0.15, 0.2) is 24.3 Å². The Bertz CT molecular complexity index is 524. The molecule has 0 unspecified atom stereocenters. The second kappa shape index (κ2) is 41.4. The van der Waals surface area contributed by atoms with Gasteiger partial charge in [-0.25, -0.2) is 0 Å². The molecule has 0 saturated heterocycles. The summed E-state index contributed by atoms with van der Waals surface area (Å²) in [5.41, 5.74) is 0. The number of carboxylic acid groups (broad SMARTS) is 2. The summed E-state index contributed by atoms with van der Waals surface area (Å²) in [7, 11) is 0. The van der Waals surface area contributed by atoms with Crippen LogP contribution in [0.2, 0.25) is 0 Å². The minimum absolute atomic E-state index is 0. The van der Waals surface area contributed by atoms with Crippen molar-refractivity contribution in [3.8, 4) is 0 Å². The van der Waals surface area contributed by atoms with Crippen molar-refractivity contribution < 1.29 is 19.8 Å². The first-order chi connectivity index (χ1) is 19.5. The number of carboxylic acids is 2. The normalized spacial score (nSPS) is 11.0. The van der Waals surface area contributed by atoms with Crippen molar-refractivity contribution in [2.75, 3.05) is 0 Å². The molecule has 0 N–H and O–H groups in total. The van der Waals surface area contributed by atoms with E-state index in [1.54, 1.807) is 0 Å². The van der Waals surface area contributed by atoms with E-state index in [0.717, 1.165) is 38.5 Å². The average Bonchev–Trinajstić information content (AvgIpc) is 2.93. The first-order valence-electron chi connectivity index (χ1n) is 17.2. The van der Waals surface area contributed by atoms with Gasteiger partial charge < -0.3 is 19.8 Å². The molecule has 0 aromatic heterocycles. The van der Waals surface area contributed by atoms with Crippen LogP contribution in [0.1, 0.15) is 194 Å². The maximum Gasteiger partial charge on any atom is 2.00 e. The number of allylic oxidation sites excluding steroid dienone is 4. The van der Waals surface area contributed by atoms with Crippen molar-refractivity contribution in [3.05, 3.63) is 24.3 Å². The van der Waals surface area contributed by atoms with Crippen LogP contribution in [0, 0.1) is 0 Å². The summed E-state index contributed by atoms with van der Waals surface area (Å²) in [5, 5.41) is 20.4. The third kappa shape index (κ3) is 49.2. The molecular weight excluding hydrogens is 615 g/mol. The van der Waals surface area contributed by atoms with Gasteiger partial charge in [-0.15, -0.1) is 0 Å². The molecule has 0 bridgehead atoms. The maximum absolute atomic E-state index is 10.2. The Kier molecular flexibility index (Phi) is 45.0. The molecule has 0 fully saturated rings. The van der Waals surface area contributed by atoms with E-state index in [4.69, 9.17) is 0 Å². The van der Waals surface area contributed by atoms with Gasteiger partial charge in [0.05, 0.1) is 0 Å². The van der Waals surface area contributed by atoms with Crippen molar-refractivity contribution in [3.63, 3.8) is 0 Å². The summed E-state index contributed by atoms with van der Waals surface area (Å²) in [6.45, 7) is 4.51. The van der Waals surface area contributed by atoms with Gasteiger partial charge in [0.2, 0.25) is 0 Å². The van der Waals surface area contributed by atoms with Gasteiger partial charge in [0.25, 0.3) is 0 Å². The molecule has 5 heteroatoms. The second-order valence-corrected chi connectivity index (χ2v) is 11.4. The second-order valence-electron chi connectivity index (χ2n) is 11.4. The van der Waals surface area contributed by atoms with Crippen molar-refractivity contribution in [1.82, 2.24) is 0 Å². The number of aliphatic carboxylic acids is 2. The van der Waals surface area contributed by atoms with E-state index in [0.29, 0.717) is 0 Å². The van der Waals surface area contributed by atoms with Gasteiger partial charge in [-0.2, -0.15) is 0 Å². The van der Waals surface area contributed by atoms with Gasteiger partial charge in [-0.3, -0.25) is 0 Å². The molecule has 0 atom stereocenters. The van der Waals surface area contributed by atoms with Gasteiger partial charge in [0, 0.05) is 11.9 Å². The van der Waals surface area contributed by atoms with Crippen LogP contribution in [0.4, 0.5) is 0 Å². The van der Waals surface area contributed by atoms with E-state index in [1.807, 2.05) is 0 Å². The van der Waals surface area contributed by atoms with Crippen LogP contribution in [-0.4, -0.2) is 35.8 Å². The fourth-order valence-corrected chi connectivity index (χ4v) is 4.68. The number of carbonyl (C=O) groups excluding carboxylic acids is 2. The molecule has 0 aliphatic rings. The smallest absolute Gasteiger partial charge is 0.550 e. The van der Waals surface area contributed by atoms with Gasteiger partial charge in [-0.05, 0) is 77.0 Å². The van der Waals surface area contributed by atoms with E-state index in [9.17, 15) is 19.8 Å². The zero-order valence-corrected chi connectivity index (χ0v) is 30.1. The molecule has 0 aliphatic carbocycles. The Hall–Kier alpha value is -0.781. The number of unbranched alkanes of at least 4 members (excludes halogenated alkanes) is 22. The van der Waals surface area contributed by atoms with E-state index in [1.165, 1.54) is 128 Å². The summed E-state index contributed by atoms with van der Waals surface area (Å²) in [6.07, 6.45) is 41.8. The van der Waals surface area contributed by atoms with Gasteiger partial charge in [0.1, 0.15) is 0 Å². The molecule has 238 valence electrons. The predicted octanol–water partition coefficient (Wildman–Crippen LogP) is 9.17. The molecule has 0 heterocycles. The average molecular weight is 682 g/mol. The third-order valence-electron chi connectivity index (χ3n) is 7.29. The number of hydrogen-bond acceptors (Lipinski definition) is 4. The fourth-order valence-electron chi connectivity index (χ4n) is 4.68. The zero-order chi connectivity index (χ0) is 29.8. The Morgan fingerprint density at radius 3 is 0.854 bits per heavy atom. The number of carbonyl (C=O) groups is 2. The predicted molar refractivity (Wildman–Crippen MR) is 175 cm³/mol. The van der Waals surface area contributed by atoms with Crippen LogP contribution in [0.5, 0.6) is 0 Å². The third-order valence-corrected chi connectivity index (χ3v) is 7.29. The van der Waals surface area contributed by atoms with Crippen LogP contribution in [0.25, 0.3) is 0 Å².